The Morgan fingerprint density at radius 2 is 1.86 bits per heavy atom. The Balaban J connectivity index is 2.01. The molecule has 1 aromatic carbocycles. The number of hydrogen-bond donors (Lipinski definition) is 3. The molecule has 0 aliphatic heterocycles. The smallest absolute Gasteiger partial charge is 0.252 e. The fourth-order valence-corrected chi connectivity index (χ4v) is 2.81. The van der Waals surface area contributed by atoms with Crippen LogP contribution in [-0.2, 0) is 0 Å². The first-order chi connectivity index (χ1) is 14.0. The molecule has 0 spiro atoms. The number of pyridine rings is 2. The zero-order valence-corrected chi connectivity index (χ0v) is 16.4. The maximum absolute atomic E-state index is 12.4. The molecule has 1 amide bonds. The number of nitrogens with zero attached hydrogens (tertiary/aromatic N) is 2. The van der Waals surface area contributed by atoms with Crippen molar-refractivity contribution in [3.63, 3.8) is 0 Å². The molecule has 150 valence electrons. The Kier molecular flexibility index (Phi) is 6.77. The first-order valence-electron chi connectivity index (χ1n) is 8.85. The zero-order valence-electron chi connectivity index (χ0n) is 15.7. The van der Waals surface area contributed by atoms with E-state index in [1.807, 2.05) is 18.2 Å². The van der Waals surface area contributed by atoms with E-state index in [1.54, 1.807) is 30.5 Å². The Morgan fingerprint density at radius 1 is 1.14 bits per heavy atom. The van der Waals surface area contributed by atoms with Crippen LogP contribution in [0.1, 0.15) is 10.4 Å². The van der Waals surface area contributed by atoms with E-state index in [2.05, 4.69) is 15.3 Å². The van der Waals surface area contributed by atoms with Crippen molar-refractivity contribution in [3.05, 3.63) is 65.4 Å². The summed E-state index contributed by atoms with van der Waals surface area (Å²) in [6, 6.07) is 12.5. The van der Waals surface area contributed by atoms with Crippen LogP contribution in [0.3, 0.4) is 0 Å². The average Bonchev–Trinajstić information content (AvgIpc) is 2.77. The topological polar surface area (TPSA) is 105 Å². The molecule has 0 bridgehead atoms. The van der Waals surface area contributed by atoms with E-state index in [0.29, 0.717) is 27.7 Å². The van der Waals surface area contributed by atoms with E-state index in [0.717, 1.165) is 11.1 Å². The van der Waals surface area contributed by atoms with Gasteiger partial charge in [-0.2, -0.15) is 0 Å². The van der Waals surface area contributed by atoms with Gasteiger partial charge in [-0.15, -0.1) is 0 Å². The SMILES string of the molecule is COc1ccc(-c2cc(C(=O)NCC(O)CO)cnc2-c2ccc(Cl)cc2)cn1. The number of hydrogen-bond acceptors (Lipinski definition) is 6. The third-order valence-corrected chi connectivity index (χ3v) is 4.48. The Labute approximate surface area is 173 Å². The van der Waals surface area contributed by atoms with Gasteiger partial charge in [-0.1, -0.05) is 23.7 Å². The molecule has 7 nitrogen and oxygen atoms in total. The van der Waals surface area contributed by atoms with Gasteiger partial charge in [-0.3, -0.25) is 9.78 Å². The lowest BCUT2D eigenvalue weighted by Crippen LogP contribution is -2.33. The number of aliphatic hydroxyl groups excluding tert-OH is 2. The number of aliphatic hydroxyl groups is 2. The fraction of sp³-hybridized carbons (Fsp3) is 0.190. The number of carbonyl (C=O) groups is 1. The molecule has 3 aromatic rings. The third kappa shape index (κ3) is 5.08. The number of amides is 1. The van der Waals surface area contributed by atoms with Crippen molar-refractivity contribution in [2.24, 2.45) is 0 Å². The Hall–Kier alpha value is -3.00. The molecule has 0 radical (unpaired) electrons. The molecular formula is C21H20ClN3O4. The van der Waals surface area contributed by atoms with Gasteiger partial charge in [0.1, 0.15) is 0 Å². The summed E-state index contributed by atoms with van der Waals surface area (Å²) in [5.41, 5.74) is 3.29. The highest BCUT2D eigenvalue weighted by Gasteiger charge is 2.15. The lowest BCUT2D eigenvalue weighted by molar-refractivity contribution is 0.0802. The van der Waals surface area contributed by atoms with Gasteiger partial charge < -0.3 is 20.3 Å². The summed E-state index contributed by atoms with van der Waals surface area (Å²) in [4.78, 5) is 21.2. The molecule has 2 heterocycles. The highest BCUT2D eigenvalue weighted by molar-refractivity contribution is 6.30. The van der Waals surface area contributed by atoms with Crippen LogP contribution < -0.4 is 10.1 Å². The van der Waals surface area contributed by atoms with Crippen molar-refractivity contribution in [1.82, 2.24) is 15.3 Å². The first-order valence-corrected chi connectivity index (χ1v) is 9.23. The van der Waals surface area contributed by atoms with Crippen LogP contribution in [0.25, 0.3) is 22.4 Å². The lowest BCUT2D eigenvalue weighted by Gasteiger charge is -2.13. The normalized spacial score (nSPS) is 11.7. The van der Waals surface area contributed by atoms with Gasteiger partial charge in [0.25, 0.3) is 5.91 Å². The molecule has 0 fully saturated rings. The van der Waals surface area contributed by atoms with Crippen molar-refractivity contribution in [2.75, 3.05) is 20.3 Å². The van der Waals surface area contributed by atoms with Gasteiger partial charge in [0.15, 0.2) is 0 Å². The molecule has 0 saturated carbocycles. The van der Waals surface area contributed by atoms with Crippen molar-refractivity contribution in [1.29, 1.82) is 0 Å². The average molecular weight is 414 g/mol. The maximum atomic E-state index is 12.4. The molecule has 0 saturated heterocycles. The van der Waals surface area contributed by atoms with Gasteiger partial charge in [-0.25, -0.2) is 4.98 Å². The quantitative estimate of drug-likeness (QED) is 0.550. The second kappa shape index (κ2) is 9.47. The van der Waals surface area contributed by atoms with Gasteiger partial charge >= 0.3 is 0 Å². The van der Waals surface area contributed by atoms with Crippen LogP contribution in [0, 0.1) is 0 Å². The maximum Gasteiger partial charge on any atom is 0.252 e. The summed E-state index contributed by atoms with van der Waals surface area (Å²) in [5.74, 6) is 0.0667. The van der Waals surface area contributed by atoms with E-state index < -0.39 is 18.6 Å². The molecule has 29 heavy (non-hydrogen) atoms. The minimum atomic E-state index is -1.02. The Morgan fingerprint density at radius 3 is 2.48 bits per heavy atom. The Bertz CT molecular complexity index is 978. The summed E-state index contributed by atoms with van der Waals surface area (Å²) in [7, 11) is 1.54. The van der Waals surface area contributed by atoms with Crippen molar-refractivity contribution < 1.29 is 19.7 Å². The highest BCUT2D eigenvalue weighted by atomic mass is 35.5. The molecule has 3 rings (SSSR count). The molecule has 1 atom stereocenters. The number of nitrogens with one attached hydrogen (secondary N) is 1. The number of rotatable bonds is 7. The van der Waals surface area contributed by atoms with Crippen LogP contribution in [0.2, 0.25) is 5.02 Å². The predicted molar refractivity (Wildman–Crippen MR) is 110 cm³/mol. The third-order valence-electron chi connectivity index (χ3n) is 4.23. The lowest BCUT2D eigenvalue weighted by atomic mass is 9.99. The number of benzene rings is 1. The van der Waals surface area contributed by atoms with Gasteiger partial charge in [-0.05, 0) is 24.3 Å². The summed E-state index contributed by atoms with van der Waals surface area (Å²) in [5, 5.41) is 21.5. The number of ether oxygens (including phenoxy) is 1. The van der Waals surface area contributed by atoms with Crippen molar-refractivity contribution >= 4 is 17.5 Å². The molecule has 0 aliphatic carbocycles. The molecule has 0 aliphatic rings. The standard InChI is InChI=1S/C21H20ClN3O4/c1-29-19-7-4-14(9-23-19)18-8-15(21(28)25-11-17(27)12-26)10-24-20(18)13-2-5-16(22)6-3-13/h2-10,17,26-27H,11-12H2,1H3,(H,25,28). The summed E-state index contributed by atoms with van der Waals surface area (Å²) in [6.45, 7) is -0.496. The largest absolute Gasteiger partial charge is 0.481 e. The highest BCUT2D eigenvalue weighted by Crippen LogP contribution is 2.32. The van der Waals surface area contributed by atoms with Gasteiger partial charge in [0.2, 0.25) is 5.88 Å². The summed E-state index contributed by atoms with van der Waals surface area (Å²) in [6.07, 6.45) is 2.09. The fourth-order valence-electron chi connectivity index (χ4n) is 2.68. The molecule has 3 N–H and O–H groups in total. The van der Waals surface area contributed by atoms with Crippen molar-refractivity contribution in [2.45, 2.75) is 6.10 Å². The van der Waals surface area contributed by atoms with Gasteiger partial charge in [0, 0.05) is 46.7 Å². The van der Waals surface area contributed by atoms with E-state index in [4.69, 9.17) is 21.4 Å². The van der Waals surface area contributed by atoms with E-state index >= 15 is 0 Å². The number of aromatic nitrogens is 2. The minimum absolute atomic E-state index is 0.0618. The number of methoxy groups -OCH3 is 1. The summed E-state index contributed by atoms with van der Waals surface area (Å²) >= 11 is 5.99. The van der Waals surface area contributed by atoms with E-state index in [-0.39, 0.29) is 6.54 Å². The van der Waals surface area contributed by atoms with Crippen molar-refractivity contribution in [3.8, 4) is 28.3 Å². The van der Waals surface area contributed by atoms with Crippen LogP contribution in [0.5, 0.6) is 5.88 Å². The second-order valence-electron chi connectivity index (χ2n) is 6.26. The van der Waals surface area contributed by atoms with Crippen LogP contribution >= 0.6 is 11.6 Å². The summed E-state index contributed by atoms with van der Waals surface area (Å²) < 4.78 is 5.11. The zero-order chi connectivity index (χ0) is 20.8. The molecule has 2 aromatic heterocycles. The molecule has 1 unspecified atom stereocenters. The second-order valence-corrected chi connectivity index (χ2v) is 6.70. The monoisotopic (exact) mass is 413 g/mol. The van der Waals surface area contributed by atoms with E-state index in [9.17, 15) is 9.90 Å². The van der Waals surface area contributed by atoms with Gasteiger partial charge in [0.05, 0.1) is 31.1 Å². The number of halogens is 1. The van der Waals surface area contributed by atoms with Crippen LogP contribution in [-0.4, -0.2) is 52.5 Å². The van der Waals surface area contributed by atoms with Crippen LogP contribution in [0.4, 0.5) is 0 Å². The van der Waals surface area contributed by atoms with E-state index in [1.165, 1.54) is 13.3 Å². The van der Waals surface area contributed by atoms with Crippen LogP contribution in [0.15, 0.2) is 54.9 Å². The molecule has 8 heteroatoms. The molecular weight excluding hydrogens is 394 g/mol. The first kappa shape index (κ1) is 20.7. The minimum Gasteiger partial charge on any atom is -0.481 e. The predicted octanol–water partition coefficient (Wildman–Crippen LogP) is 2.56. The number of carbonyl (C=O) groups excluding carboxylic acids is 1.